The van der Waals surface area contributed by atoms with E-state index < -0.39 is 0 Å². The number of fused-ring (bicyclic) bond motifs is 6. The maximum absolute atomic E-state index is 4.19. The van der Waals surface area contributed by atoms with Gasteiger partial charge in [0.15, 0.2) is 0 Å². The second-order valence-corrected chi connectivity index (χ2v) is 16.9. The van der Waals surface area contributed by atoms with Crippen LogP contribution in [0.2, 0.25) is 0 Å². The average Bonchev–Trinajstić information content (AvgIpc) is 4.14. The highest BCUT2D eigenvalue weighted by atomic mass is 32.1. The topological polar surface area (TPSA) is 28.7 Å². The first-order valence-electron chi connectivity index (χ1n) is 21.3. The number of allylic oxidation sites excluding steroid dienone is 3. The van der Waals surface area contributed by atoms with Crippen LogP contribution in [0.15, 0.2) is 169 Å². The van der Waals surface area contributed by atoms with Crippen molar-refractivity contribution < 1.29 is 0 Å². The molecule has 0 fully saturated rings. The monoisotopic (exact) mass is 812 g/mol. The van der Waals surface area contributed by atoms with E-state index in [9.17, 15) is 0 Å². The minimum Gasteiger partial charge on any atom is -0.346 e. The molecule has 0 amide bonds. The number of nitrogens with one attached hydrogen (secondary N) is 1. The molecule has 3 heteroatoms. The third-order valence-electron chi connectivity index (χ3n) is 11.2. The maximum Gasteiger partial charge on any atom is 0.137 e. The zero-order valence-corrected chi connectivity index (χ0v) is 37.2. The predicted molar refractivity (Wildman–Crippen MR) is 268 cm³/mol. The largest absolute Gasteiger partial charge is 0.346 e. The van der Waals surface area contributed by atoms with E-state index in [1.54, 1.807) is 0 Å². The number of aryl methyl sites for hydroxylation is 6. The number of hydrogen-bond donors (Lipinski definition) is 1. The molecule has 3 aromatic heterocycles. The Morgan fingerprint density at radius 3 is 1.77 bits per heavy atom. The number of H-pyrrole nitrogens is 1. The minimum atomic E-state index is 0.964. The number of pyridine rings is 1. The maximum atomic E-state index is 4.19. The van der Waals surface area contributed by atoms with Gasteiger partial charge < -0.3 is 4.98 Å². The lowest BCUT2D eigenvalue weighted by Crippen LogP contribution is -1.83. The van der Waals surface area contributed by atoms with Crippen molar-refractivity contribution in [3.63, 3.8) is 0 Å². The van der Waals surface area contributed by atoms with Gasteiger partial charge in [0.05, 0.1) is 0 Å². The second-order valence-electron chi connectivity index (χ2n) is 16.0. The zero-order valence-electron chi connectivity index (χ0n) is 36.4. The van der Waals surface area contributed by atoms with Gasteiger partial charge in [-0.15, -0.1) is 11.3 Å². The standard InChI is InChI=1S/C11H10.3C10H10.C9H8S.C8H8N2/c1-9-5-4-7-10-6-2-3-8-11(9)10;2*1-8-4-2-5-9-6-3-7-10(8)9;1-8-5-6-9-3-2-4-10(9)7-8;1-7-6-10-9-5-3-2-4-8(7)9;1-6-4-7-2-3-9-8(7)10-5-6/h2-8H,1H3;2*2-5,7H,6H2,1H3;2,4-7H,3H2,1H3;2-6H,1H3;2-5H,1H3,(H,9,10). The molecule has 61 heavy (non-hydrogen) atoms. The normalized spacial score (nSPS) is 12.0. The van der Waals surface area contributed by atoms with E-state index in [1.165, 1.54) is 93.0 Å². The van der Waals surface area contributed by atoms with Crippen LogP contribution in [-0.2, 0) is 19.3 Å². The van der Waals surface area contributed by atoms with E-state index in [-0.39, 0.29) is 0 Å². The van der Waals surface area contributed by atoms with Crippen LogP contribution < -0.4 is 0 Å². The van der Waals surface area contributed by atoms with E-state index in [0.29, 0.717) is 0 Å². The van der Waals surface area contributed by atoms with Crippen molar-refractivity contribution in [2.24, 2.45) is 0 Å². The molecule has 9 aromatic rings. The molecule has 304 valence electrons. The van der Waals surface area contributed by atoms with Crippen molar-refractivity contribution in [2.45, 2.75) is 60.8 Å². The third kappa shape index (κ3) is 11.2. The van der Waals surface area contributed by atoms with Crippen molar-refractivity contribution in [2.75, 3.05) is 0 Å². The molecule has 0 unspecified atom stereocenters. The summed E-state index contributed by atoms with van der Waals surface area (Å²) in [6.07, 6.45) is 20.4. The number of thiophene rings is 1. The summed E-state index contributed by atoms with van der Waals surface area (Å²) in [6.45, 7) is 12.8. The molecule has 6 aromatic carbocycles. The van der Waals surface area contributed by atoms with Crippen LogP contribution in [0.25, 0.3) is 50.1 Å². The van der Waals surface area contributed by atoms with Crippen molar-refractivity contribution in [3.05, 3.63) is 236 Å². The predicted octanol–water partition coefficient (Wildman–Crippen LogP) is 15.9. The molecule has 1 N–H and O–H groups in total. The lowest BCUT2D eigenvalue weighted by molar-refractivity contribution is 1.28. The first kappa shape index (κ1) is 42.6. The van der Waals surface area contributed by atoms with E-state index in [4.69, 9.17) is 0 Å². The number of aromatic nitrogens is 2. The summed E-state index contributed by atoms with van der Waals surface area (Å²) >= 11 is 1.81. The van der Waals surface area contributed by atoms with Gasteiger partial charge in [0, 0.05) is 22.5 Å². The van der Waals surface area contributed by atoms with Crippen molar-refractivity contribution in [3.8, 4) is 0 Å². The van der Waals surface area contributed by atoms with Gasteiger partial charge in [-0.1, -0.05) is 157 Å². The highest BCUT2D eigenvalue weighted by molar-refractivity contribution is 7.17. The van der Waals surface area contributed by atoms with Crippen LogP contribution >= 0.6 is 11.3 Å². The fourth-order valence-corrected chi connectivity index (χ4v) is 8.78. The lowest BCUT2D eigenvalue weighted by Gasteiger charge is -2.00. The molecule has 0 radical (unpaired) electrons. The number of benzene rings is 6. The molecule has 0 saturated carbocycles. The molecule has 3 aliphatic rings. The fraction of sp³-hybridized carbons (Fsp3) is 0.155. The molecule has 0 bridgehead atoms. The van der Waals surface area contributed by atoms with Crippen LogP contribution in [0.1, 0.15) is 66.8 Å². The molecule has 0 saturated heterocycles. The minimum absolute atomic E-state index is 0.964. The quantitative estimate of drug-likeness (QED) is 0.162. The lowest BCUT2D eigenvalue weighted by atomic mass is 10.1. The van der Waals surface area contributed by atoms with Crippen LogP contribution in [0.4, 0.5) is 0 Å². The van der Waals surface area contributed by atoms with Crippen molar-refractivity contribution in [1.82, 2.24) is 9.97 Å². The van der Waals surface area contributed by atoms with E-state index in [2.05, 4.69) is 214 Å². The van der Waals surface area contributed by atoms with Gasteiger partial charge in [0.25, 0.3) is 0 Å². The average molecular weight is 813 g/mol. The third-order valence-corrected chi connectivity index (χ3v) is 12.3. The molecule has 0 atom stereocenters. The summed E-state index contributed by atoms with van der Waals surface area (Å²) < 4.78 is 1.39. The molecule has 0 aliphatic heterocycles. The van der Waals surface area contributed by atoms with Gasteiger partial charge in [-0.25, -0.2) is 4.98 Å². The second kappa shape index (κ2) is 20.6. The Bertz CT molecular complexity index is 2900. The molecule has 12 rings (SSSR count). The Balaban J connectivity index is 0.000000110. The summed E-state index contributed by atoms with van der Waals surface area (Å²) in [6, 6.07) is 47.0. The summed E-state index contributed by atoms with van der Waals surface area (Å²) in [7, 11) is 0. The van der Waals surface area contributed by atoms with E-state index in [0.717, 1.165) is 24.9 Å². The Morgan fingerprint density at radius 1 is 0.475 bits per heavy atom. The summed E-state index contributed by atoms with van der Waals surface area (Å²) in [4.78, 5) is 7.22. The van der Waals surface area contributed by atoms with Crippen LogP contribution in [0.3, 0.4) is 0 Å². The van der Waals surface area contributed by atoms with Crippen LogP contribution in [0, 0.1) is 41.5 Å². The smallest absolute Gasteiger partial charge is 0.137 e. The van der Waals surface area contributed by atoms with Gasteiger partial charge in [-0.05, 0) is 162 Å². The van der Waals surface area contributed by atoms with E-state index in [1.807, 2.05) is 36.7 Å². The number of rotatable bonds is 0. The highest BCUT2D eigenvalue weighted by Gasteiger charge is 2.06. The number of hydrogen-bond acceptors (Lipinski definition) is 2. The Labute approximate surface area is 366 Å². The van der Waals surface area contributed by atoms with Gasteiger partial charge in [0.2, 0.25) is 0 Å². The number of aromatic amines is 1. The van der Waals surface area contributed by atoms with Gasteiger partial charge in [0.1, 0.15) is 5.65 Å². The first-order chi connectivity index (χ1) is 29.7. The molecule has 2 nitrogen and oxygen atoms in total. The Morgan fingerprint density at radius 2 is 1.08 bits per heavy atom. The Hall–Kier alpha value is -6.55. The highest BCUT2D eigenvalue weighted by Crippen LogP contribution is 2.25. The van der Waals surface area contributed by atoms with Crippen molar-refractivity contribution >= 4 is 61.5 Å². The van der Waals surface area contributed by atoms with Gasteiger partial charge >= 0.3 is 0 Å². The molecular weight excluding hydrogens is 757 g/mol. The van der Waals surface area contributed by atoms with Gasteiger partial charge in [-0.3, -0.25) is 0 Å². The van der Waals surface area contributed by atoms with Crippen molar-refractivity contribution in [1.29, 1.82) is 0 Å². The summed E-state index contributed by atoms with van der Waals surface area (Å²) in [5.41, 5.74) is 17.7. The SMILES string of the molecule is Cc1ccc2c(c1)C=CC2.Cc1cccc2c1C=CC2.Cc1cccc2c1C=CC2.Cc1cccc2ccccc12.Cc1cnc2[nH]ccc2c1.Cc1csc2ccccc12. The fourth-order valence-electron chi connectivity index (χ4n) is 7.84. The zero-order chi connectivity index (χ0) is 42.6. The van der Waals surface area contributed by atoms with Gasteiger partial charge in [-0.2, -0.15) is 0 Å². The molecule has 0 spiro atoms. The number of nitrogens with zero attached hydrogens (tertiary/aromatic N) is 1. The molecule has 3 aliphatic carbocycles. The Kier molecular flexibility index (Phi) is 14.4. The summed E-state index contributed by atoms with van der Waals surface area (Å²) in [5, 5.41) is 7.46. The first-order valence-corrected chi connectivity index (χ1v) is 22.1. The molecular formula is C58H56N2S. The van der Waals surface area contributed by atoms with Crippen LogP contribution in [0.5, 0.6) is 0 Å². The van der Waals surface area contributed by atoms with E-state index >= 15 is 0 Å². The summed E-state index contributed by atoms with van der Waals surface area (Å²) in [5.74, 6) is 0. The van der Waals surface area contributed by atoms with Crippen LogP contribution in [-0.4, -0.2) is 9.97 Å². The molecule has 3 heterocycles.